The smallest absolute Gasteiger partial charge is 0.102 e. The normalized spacial score (nSPS) is 12.8. The first-order valence-corrected chi connectivity index (χ1v) is 8.76. The highest BCUT2D eigenvalue weighted by Crippen LogP contribution is 2.10. The van der Waals surface area contributed by atoms with Crippen molar-refractivity contribution in [2.24, 2.45) is 0 Å². The second kappa shape index (κ2) is 16.9. The number of aliphatic hydroxyl groups excluding tert-OH is 1. The average Bonchev–Trinajstić information content (AvgIpc) is 2.43. The van der Waals surface area contributed by atoms with Gasteiger partial charge in [-0.1, -0.05) is 64.7 Å². The van der Waals surface area contributed by atoms with Gasteiger partial charge in [-0.2, -0.15) is 0 Å². The summed E-state index contributed by atoms with van der Waals surface area (Å²) in [5.74, 6) is 0. The van der Waals surface area contributed by atoms with E-state index in [9.17, 15) is 0 Å². The molecule has 0 saturated carbocycles. The van der Waals surface area contributed by atoms with Crippen molar-refractivity contribution in [3.05, 3.63) is 0 Å². The van der Waals surface area contributed by atoms with E-state index in [0.717, 1.165) is 26.2 Å². The summed E-state index contributed by atoms with van der Waals surface area (Å²) in [6.07, 6.45) is 14.3. The van der Waals surface area contributed by atoms with Gasteiger partial charge in [-0.3, -0.25) is 5.32 Å². The van der Waals surface area contributed by atoms with Crippen LogP contribution in [0.1, 0.15) is 84.5 Å². The minimum atomic E-state index is -0.406. The highest BCUT2D eigenvalue weighted by molar-refractivity contribution is 4.48. The van der Waals surface area contributed by atoms with Crippen LogP contribution < -0.4 is 5.32 Å². The van der Waals surface area contributed by atoms with Crippen molar-refractivity contribution >= 4 is 0 Å². The van der Waals surface area contributed by atoms with Crippen molar-refractivity contribution in [1.29, 1.82) is 0 Å². The van der Waals surface area contributed by atoms with E-state index in [1.165, 1.54) is 64.2 Å². The number of unbranched alkanes of at least 4 members (excludes halogenated alkanes) is 9. The second-order valence-electron chi connectivity index (χ2n) is 5.78. The Labute approximate surface area is 126 Å². The maximum atomic E-state index is 9.00. The second-order valence-corrected chi connectivity index (χ2v) is 5.78. The molecule has 0 aliphatic rings. The number of hydrogen-bond acceptors (Lipinski definition) is 3. The van der Waals surface area contributed by atoms with Gasteiger partial charge in [0.15, 0.2) is 0 Å². The third-order valence-corrected chi connectivity index (χ3v) is 3.55. The molecule has 1 atom stereocenters. The van der Waals surface area contributed by atoms with Gasteiger partial charge >= 0.3 is 0 Å². The van der Waals surface area contributed by atoms with Gasteiger partial charge in [-0.25, -0.2) is 0 Å². The molecule has 0 fully saturated rings. The van der Waals surface area contributed by atoms with Crippen molar-refractivity contribution in [2.45, 2.75) is 90.7 Å². The third-order valence-electron chi connectivity index (χ3n) is 3.55. The maximum absolute atomic E-state index is 9.00. The van der Waals surface area contributed by atoms with E-state index in [2.05, 4.69) is 12.2 Å². The average molecular weight is 287 g/mol. The maximum Gasteiger partial charge on any atom is 0.102 e. The van der Waals surface area contributed by atoms with Crippen LogP contribution in [-0.2, 0) is 4.74 Å². The fourth-order valence-corrected chi connectivity index (χ4v) is 2.28. The van der Waals surface area contributed by atoms with Gasteiger partial charge in [0, 0.05) is 13.2 Å². The van der Waals surface area contributed by atoms with Gasteiger partial charge < -0.3 is 9.84 Å². The Kier molecular flexibility index (Phi) is 16.8. The van der Waals surface area contributed by atoms with Crippen molar-refractivity contribution in [3.63, 3.8) is 0 Å². The van der Waals surface area contributed by atoms with Crippen molar-refractivity contribution < 1.29 is 9.84 Å². The summed E-state index contributed by atoms with van der Waals surface area (Å²) < 4.78 is 5.57. The van der Waals surface area contributed by atoms with Crippen LogP contribution in [0.4, 0.5) is 0 Å². The van der Waals surface area contributed by atoms with Gasteiger partial charge in [0.05, 0.1) is 0 Å². The summed E-state index contributed by atoms with van der Waals surface area (Å²) in [5, 5.41) is 12.0. The lowest BCUT2D eigenvalue weighted by atomic mass is 10.1. The molecule has 1 unspecified atom stereocenters. The van der Waals surface area contributed by atoms with Crippen LogP contribution >= 0.6 is 0 Å². The Morgan fingerprint density at radius 3 is 1.85 bits per heavy atom. The van der Waals surface area contributed by atoms with Gasteiger partial charge in [-0.15, -0.1) is 0 Å². The van der Waals surface area contributed by atoms with Crippen LogP contribution in [0, 0.1) is 0 Å². The monoisotopic (exact) mass is 287 g/mol. The molecule has 0 saturated heterocycles. The Bertz CT molecular complexity index is 174. The quantitative estimate of drug-likeness (QED) is 0.329. The molecule has 0 bridgehead atoms. The molecule has 3 heteroatoms. The van der Waals surface area contributed by atoms with Crippen LogP contribution in [0.25, 0.3) is 0 Å². The summed E-state index contributed by atoms with van der Waals surface area (Å²) in [6.45, 7) is 6.54. The summed E-state index contributed by atoms with van der Waals surface area (Å²) >= 11 is 0. The lowest BCUT2D eigenvalue weighted by Gasteiger charge is -2.07. The van der Waals surface area contributed by atoms with Crippen LogP contribution in [-0.4, -0.2) is 31.1 Å². The zero-order chi connectivity index (χ0) is 14.9. The molecule has 0 rings (SSSR count). The van der Waals surface area contributed by atoms with Gasteiger partial charge in [-0.05, 0) is 26.3 Å². The highest BCUT2D eigenvalue weighted by Gasteiger charge is 1.95. The van der Waals surface area contributed by atoms with E-state index in [4.69, 9.17) is 9.84 Å². The lowest BCUT2D eigenvalue weighted by molar-refractivity contribution is 0.117. The van der Waals surface area contributed by atoms with Gasteiger partial charge in [0.1, 0.15) is 6.23 Å². The molecule has 20 heavy (non-hydrogen) atoms. The predicted molar refractivity (Wildman–Crippen MR) is 87.0 cm³/mol. The molecule has 0 aromatic heterocycles. The standard InChI is InChI=1S/C17H37NO2/c1-3-4-5-6-7-8-9-10-11-12-15-20-16-13-14-18-17(2)19/h17-19H,3-16H2,1-2H3. The molecule has 0 aromatic rings. The summed E-state index contributed by atoms with van der Waals surface area (Å²) in [7, 11) is 0. The fraction of sp³-hybridized carbons (Fsp3) is 1.00. The Morgan fingerprint density at radius 2 is 1.30 bits per heavy atom. The van der Waals surface area contributed by atoms with E-state index in [1.54, 1.807) is 6.92 Å². The van der Waals surface area contributed by atoms with Crippen molar-refractivity contribution in [1.82, 2.24) is 5.32 Å². The summed E-state index contributed by atoms with van der Waals surface area (Å²) in [4.78, 5) is 0. The first-order valence-electron chi connectivity index (χ1n) is 8.76. The minimum Gasteiger partial charge on any atom is -0.381 e. The zero-order valence-corrected chi connectivity index (χ0v) is 13.8. The van der Waals surface area contributed by atoms with E-state index in [-0.39, 0.29) is 0 Å². The topological polar surface area (TPSA) is 41.5 Å². The molecule has 0 spiro atoms. The molecule has 122 valence electrons. The minimum absolute atomic E-state index is 0.406. The van der Waals surface area contributed by atoms with E-state index in [0.29, 0.717) is 0 Å². The van der Waals surface area contributed by atoms with Crippen molar-refractivity contribution in [3.8, 4) is 0 Å². The Morgan fingerprint density at radius 1 is 0.800 bits per heavy atom. The van der Waals surface area contributed by atoms with Gasteiger partial charge in [0.25, 0.3) is 0 Å². The van der Waals surface area contributed by atoms with E-state index in [1.807, 2.05) is 0 Å². The van der Waals surface area contributed by atoms with Crippen LogP contribution in [0.15, 0.2) is 0 Å². The molecule has 0 amide bonds. The van der Waals surface area contributed by atoms with Gasteiger partial charge in [0.2, 0.25) is 0 Å². The number of ether oxygens (including phenoxy) is 1. The molecular weight excluding hydrogens is 250 g/mol. The lowest BCUT2D eigenvalue weighted by Crippen LogP contribution is -2.26. The SMILES string of the molecule is CCCCCCCCCCCCOCCCNC(C)O. The molecule has 0 aromatic carbocycles. The first kappa shape index (κ1) is 19.9. The third kappa shape index (κ3) is 17.9. The zero-order valence-electron chi connectivity index (χ0n) is 13.8. The van der Waals surface area contributed by atoms with Crippen LogP contribution in [0.3, 0.4) is 0 Å². The summed E-state index contributed by atoms with van der Waals surface area (Å²) in [5.41, 5.74) is 0. The van der Waals surface area contributed by atoms with E-state index >= 15 is 0 Å². The molecule has 0 aliphatic carbocycles. The Hall–Kier alpha value is -0.120. The number of hydrogen-bond donors (Lipinski definition) is 2. The summed E-state index contributed by atoms with van der Waals surface area (Å²) in [6, 6.07) is 0. The first-order chi connectivity index (χ1) is 9.77. The Balaban J connectivity index is 2.92. The fourth-order valence-electron chi connectivity index (χ4n) is 2.28. The number of aliphatic hydroxyl groups is 1. The van der Waals surface area contributed by atoms with Crippen LogP contribution in [0.2, 0.25) is 0 Å². The largest absolute Gasteiger partial charge is 0.381 e. The van der Waals surface area contributed by atoms with Crippen molar-refractivity contribution in [2.75, 3.05) is 19.8 Å². The highest BCUT2D eigenvalue weighted by atomic mass is 16.5. The van der Waals surface area contributed by atoms with E-state index < -0.39 is 6.23 Å². The number of nitrogens with one attached hydrogen (secondary N) is 1. The number of rotatable bonds is 16. The van der Waals surface area contributed by atoms with Crippen LogP contribution in [0.5, 0.6) is 0 Å². The molecule has 0 aliphatic heterocycles. The predicted octanol–water partition coefficient (Wildman–Crippen LogP) is 4.24. The molecule has 0 radical (unpaired) electrons. The molecule has 3 nitrogen and oxygen atoms in total. The molecule has 0 heterocycles. The molecule has 2 N–H and O–H groups in total. The molecular formula is C17H37NO2.